The lowest BCUT2D eigenvalue weighted by molar-refractivity contribution is -0.138. The zero-order chi connectivity index (χ0) is 5.86. The molecular weight excluding hydrogens is 209 g/mol. The Morgan fingerprint density at radius 1 is 1.86 bits per heavy atom. The summed E-state index contributed by atoms with van der Waals surface area (Å²) in [6.07, 6.45) is 0. The summed E-state index contributed by atoms with van der Waals surface area (Å²) in [6.45, 7) is 3.26. The number of nitrogens with two attached hydrogens (primary N) is 1. The molecule has 0 unspecified atom stereocenters. The van der Waals surface area contributed by atoms with Gasteiger partial charge in [0, 0.05) is 0 Å². The summed E-state index contributed by atoms with van der Waals surface area (Å²) in [4.78, 5) is 13.8. The van der Waals surface area contributed by atoms with E-state index in [1.807, 2.05) is 0 Å². The van der Waals surface area contributed by atoms with Crippen LogP contribution in [0.4, 0.5) is 0 Å². The van der Waals surface area contributed by atoms with Crippen molar-refractivity contribution < 1.29 is 9.63 Å². The normalized spacial score (nSPS) is 7.71. The van der Waals surface area contributed by atoms with Crippen LogP contribution in [0, 0.1) is 0 Å². The minimum atomic E-state index is -0.583. The molecule has 0 atom stereocenters. The van der Waals surface area contributed by atoms with Crippen molar-refractivity contribution >= 4 is 28.6 Å². The summed E-state index contributed by atoms with van der Waals surface area (Å²) < 4.78 is 0.278. The standard InChI is InChI=1S/C3H4INO2/c1-2(4)3(6)7-5/h1,5H2. The van der Waals surface area contributed by atoms with Gasteiger partial charge in [0.15, 0.2) is 0 Å². The molecule has 0 aromatic heterocycles. The van der Waals surface area contributed by atoms with E-state index in [2.05, 4.69) is 17.3 Å². The summed E-state index contributed by atoms with van der Waals surface area (Å²) in [5, 5.41) is 0. The molecule has 0 radical (unpaired) electrons. The third-order valence-corrected chi connectivity index (χ3v) is 0.769. The Labute approximate surface area is 54.6 Å². The van der Waals surface area contributed by atoms with Crippen molar-refractivity contribution in [1.82, 2.24) is 0 Å². The monoisotopic (exact) mass is 213 g/mol. The molecule has 0 fully saturated rings. The van der Waals surface area contributed by atoms with E-state index in [1.54, 1.807) is 22.6 Å². The Balaban J connectivity index is 3.58. The molecule has 0 aromatic carbocycles. The highest BCUT2D eigenvalue weighted by atomic mass is 127. The lowest BCUT2D eigenvalue weighted by Crippen LogP contribution is -2.08. The molecule has 0 amide bonds. The first-order chi connectivity index (χ1) is 3.18. The van der Waals surface area contributed by atoms with Crippen LogP contribution in [0.5, 0.6) is 0 Å². The van der Waals surface area contributed by atoms with E-state index in [1.165, 1.54) is 0 Å². The molecule has 7 heavy (non-hydrogen) atoms. The fourth-order valence-electron chi connectivity index (χ4n) is 0.0639. The van der Waals surface area contributed by atoms with Crippen LogP contribution >= 0.6 is 22.6 Å². The third kappa shape index (κ3) is 2.58. The quantitative estimate of drug-likeness (QED) is 0.388. The topological polar surface area (TPSA) is 52.3 Å². The molecule has 0 aliphatic heterocycles. The summed E-state index contributed by atoms with van der Waals surface area (Å²) in [7, 11) is 0. The van der Waals surface area contributed by atoms with Gasteiger partial charge in [0.1, 0.15) is 0 Å². The molecule has 0 saturated carbocycles. The molecule has 4 heteroatoms. The van der Waals surface area contributed by atoms with Crippen LogP contribution < -0.4 is 5.90 Å². The number of hydrogen-bond acceptors (Lipinski definition) is 3. The maximum Gasteiger partial charge on any atom is 0.362 e. The van der Waals surface area contributed by atoms with E-state index >= 15 is 0 Å². The third-order valence-electron chi connectivity index (χ3n) is 0.329. The second kappa shape index (κ2) is 2.98. The van der Waals surface area contributed by atoms with E-state index in [0.717, 1.165) is 0 Å². The van der Waals surface area contributed by atoms with Gasteiger partial charge in [0.2, 0.25) is 0 Å². The van der Waals surface area contributed by atoms with Crippen molar-refractivity contribution in [3.8, 4) is 0 Å². The molecule has 0 heterocycles. The highest BCUT2D eigenvalue weighted by Gasteiger charge is 1.99. The van der Waals surface area contributed by atoms with Crippen LogP contribution in [0.3, 0.4) is 0 Å². The molecule has 0 aliphatic rings. The molecule has 40 valence electrons. The average Bonchev–Trinajstić information content (AvgIpc) is 1.65. The fraction of sp³-hybridized carbons (Fsp3) is 0. The molecule has 0 spiro atoms. The maximum atomic E-state index is 10.1. The molecule has 2 N–H and O–H groups in total. The first kappa shape index (κ1) is 6.90. The van der Waals surface area contributed by atoms with Crippen LogP contribution in [0.15, 0.2) is 10.2 Å². The van der Waals surface area contributed by atoms with E-state index in [-0.39, 0.29) is 3.58 Å². The molecule has 0 saturated heterocycles. The molecule has 0 bridgehead atoms. The van der Waals surface area contributed by atoms with Crippen LogP contribution in [0.2, 0.25) is 0 Å². The first-order valence-corrected chi connectivity index (χ1v) is 2.52. The highest BCUT2D eigenvalue weighted by molar-refractivity contribution is 14.1. The van der Waals surface area contributed by atoms with Crippen LogP contribution in [-0.4, -0.2) is 5.97 Å². The second-order valence-corrected chi connectivity index (χ2v) is 2.11. The number of hydrogen-bond donors (Lipinski definition) is 1. The van der Waals surface area contributed by atoms with Gasteiger partial charge in [-0.05, 0) is 22.6 Å². The van der Waals surface area contributed by atoms with Crippen molar-refractivity contribution in [2.45, 2.75) is 0 Å². The predicted octanol–water partition coefficient (Wildman–Crippen LogP) is 0.352. The van der Waals surface area contributed by atoms with Crippen molar-refractivity contribution in [3.63, 3.8) is 0 Å². The molecule has 0 rings (SSSR count). The van der Waals surface area contributed by atoms with Crippen molar-refractivity contribution in [3.05, 3.63) is 10.2 Å². The van der Waals surface area contributed by atoms with Gasteiger partial charge >= 0.3 is 5.97 Å². The Morgan fingerprint density at radius 3 is 2.29 bits per heavy atom. The fourth-order valence-corrected chi connectivity index (χ4v) is 0.191. The number of carbonyl (C=O) groups excluding carboxylic acids is 1. The lowest BCUT2D eigenvalue weighted by atomic mass is 10.7. The lowest BCUT2D eigenvalue weighted by Gasteiger charge is -1.88. The minimum absolute atomic E-state index is 0.278. The zero-order valence-electron chi connectivity index (χ0n) is 3.48. The molecule has 0 aromatic rings. The Bertz CT molecular complexity index is 101. The van der Waals surface area contributed by atoms with Gasteiger partial charge in [-0.3, -0.25) is 0 Å². The van der Waals surface area contributed by atoms with Crippen LogP contribution in [-0.2, 0) is 9.63 Å². The number of rotatable bonds is 1. The Morgan fingerprint density at radius 2 is 2.29 bits per heavy atom. The predicted molar refractivity (Wildman–Crippen MR) is 33.4 cm³/mol. The average molecular weight is 213 g/mol. The summed E-state index contributed by atoms with van der Waals surface area (Å²) in [5.74, 6) is 3.88. The largest absolute Gasteiger partial charge is 0.369 e. The maximum absolute atomic E-state index is 10.1. The smallest absolute Gasteiger partial charge is 0.362 e. The van der Waals surface area contributed by atoms with Crippen molar-refractivity contribution in [2.24, 2.45) is 5.90 Å². The number of carbonyl (C=O) groups is 1. The van der Waals surface area contributed by atoms with E-state index in [9.17, 15) is 4.79 Å². The Kier molecular flexibility index (Phi) is 2.93. The van der Waals surface area contributed by atoms with E-state index in [4.69, 9.17) is 0 Å². The van der Waals surface area contributed by atoms with Gasteiger partial charge in [0.05, 0.1) is 3.58 Å². The van der Waals surface area contributed by atoms with Gasteiger partial charge in [-0.25, -0.2) is 4.79 Å². The minimum Gasteiger partial charge on any atom is -0.369 e. The SMILES string of the molecule is C=C(I)C(=O)ON. The Hall–Kier alpha value is -0.100. The summed E-state index contributed by atoms with van der Waals surface area (Å²) in [5.41, 5.74) is 0. The van der Waals surface area contributed by atoms with Gasteiger partial charge < -0.3 is 4.84 Å². The van der Waals surface area contributed by atoms with Crippen LogP contribution in [0.25, 0.3) is 0 Å². The second-order valence-electron chi connectivity index (χ2n) is 0.810. The van der Waals surface area contributed by atoms with Crippen molar-refractivity contribution in [2.75, 3.05) is 0 Å². The van der Waals surface area contributed by atoms with Crippen LogP contribution in [0.1, 0.15) is 0 Å². The molecule has 0 aliphatic carbocycles. The molecule has 3 nitrogen and oxygen atoms in total. The summed E-state index contributed by atoms with van der Waals surface area (Å²) in [6, 6.07) is 0. The zero-order valence-corrected chi connectivity index (χ0v) is 5.64. The first-order valence-electron chi connectivity index (χ1n) is 1.44. The number of halogens is 1. The highest BCUT2D eigenvalue weighted by Crippen LogP contribution is 2.00. The summed E-state index contributed by atoms with van der Waals surface area (Å²) >= 11 is 1.72. The van der Waals surface area contributed by atoms with Gasteiger partial charge in [0.25, 0.3) is 0 Å². The molecular formula is C3H4INO2. The van der Waals surface area contributed by atoms with Gasteiger partial charge in [-0.2, -0.15) is 5.90 Å². The van der Waals surface area contributed by atoms with Crippen molar-refractivity contribution in [1.29, 1.82) is 0 Å². The van der Waals surface area contributed by atoms with E-state index < -0.39 is 5.97 Å². The van der Waals surface area contributed by atoms with Gasteiger partial charge in [-0.15, -0.1) is 0 Å². The van der Waals surface area contributed by atoms with Gasteiger partial charge in [-0.1, -0.05) is 6.58 Å². The van der Waals surface area contributed by atoms with E-state index in [0.29, 0.717) is 0 Å².